The molecule has 1 rings (SSSR count). The van der Waals surface area contributed by atoms with E-state index in [1.807, 2.05) is 13.0 Å². The lowest BCUT2D eigenvalue weighted by Crippen LogP contribution is -2.22. The molecule has 0 bridgehead atoms. The molecule has 1 nitrogen and oxygen atoms in total. The lowest BCUT2D eigenvalue weighted by atomic mass is 10.0. The Morgan fingerprint density at radius 3 is 2.75 bits per heavy atom. The van der Waals surface area contributed by atoms with Gasteiger partial charge in [0.15, 0.2) is 5.95 Å². The summed E-state index contributed by atoms with van der Waals surface area (Å²) in [6.45, 7) is 4.71. The zero-order valence-corrected chi connectivity index (χ0v) is 8.02. The van der Waals surface area contributed by atoms with Gasteiger partial charge < -0.3 is 4.90 Å². The normalized spacial score (nSPS) is 18.3. The lowest BCUT2D eigenvalue weighted by molar-refractivity contribution is 0.326. The molecule has 1 aliphatic rings. The van der Waals surface area contributed by atoms with Gasteiger partial charge >= 0.3 is 0 Å². The Hall–Kier alpha value is -0.790. The first-order chi connectivity index (χ1) is 5.65. The summed E-state index contributed by atoms with van der Waals surface area (Å²) < 4.78 is 13.1. The van der Waals surface area contributed by atoms with Crippen LogP contribution in [0.5, 0.6) is 0 Å². The Bertz CT molecular complexity index is 228. The molecule has 0 atom stereocenters. The number of hydrogen-bond donors (Lipinski definition) is 0. The van der Waals surface area contributed by atoms with Crippen LogP contribution in [0, 0.1) is 0 Å². The van der Waals surface area contributed by atoms with Crippen LogP contribution < -0.4 is 0 Å². The van der Waals surface area contributed by atoms with E-state index in [0.29, 0.717) is 0 Å². The number of halogens is 1. The van der Waals surface area contributed by atoms with Gasteiger partial charge in [0.25, 0.3) is 0 Å². The largest absolute Gasteiger partial charge is 0.347 e. The summed E-state index contributed by atoms with van der Waals surface area (Å²) >= 11 is 0. The molecule has 0 saturated heterocycles. The number of nitrogens with zero attached hydrogens (tertiary/aromatic N) is 1. The average molecular weight is 169 g/mol. The van der Waals surface area contributed by atoms with Crippen LogP contribution in [-0.2, 0) is 0 Å². The third kappa shape index (κ3) is 1.87. The minimum Gasteiger partial charge on any atom is -0.347 e. The quantitative estimate of drug-likeness (QED) is 0.574. The molecule has 68 valence electrons. The highest BCUT2D eigenvalue weighted by atomic mass is 19.1. The molecular weight excluding hydrogens is 153 g/mol. The van der Waals surface area contributed by atoms with Crippen LogP contribution in [0.3, 0.4) is 0 Å². The summed E-state index contributed by atoms with van der Waals surface area (Å²) in [4.78, 5) is 1.67. The fraction of sp³-hybridized carbons (Fsp3) is 0.600. The molecular formula is C10H16FN. The third-order valence-electron chi connectivity index (χ3n) is 2.09. The van der Waals surface area contributed by atoms with Crippen LogP contribution >= 0.6 is 0 Å². The van der Waals surface area contributed by atoms with Gasteiger partial charge in [0.05, 0.1) is 0 Å². The fourth-order valence-electron chi connectivity index (χ4n) is 1.56. The van der Waals surface area contributed by atoms with Crippen LogP contribution in [0.4, 0.5) is 4.39 Å². The zero-order valence-electron chi connectivity index (χ0n) is 8.02. The Balaban J connectivity index is 2.76. The van der Waals surface area contributed by atoms with Gasteiger partial charge in [-0.15, -0.1) is 0 Å². The molecule has 0 aliphatic carbocycles. The van der Waals surface area contributed by atoms with E-state index in [-0.39, 0.29) is 5.95 Å². The monoisotopic (exact) mass is 169 g/mol. The van der Waals surface area contributed by atoms with Crippen molar-refractivity contribution in [2.45, 2.75) is 26.7 Å². The van der Waals surface area contributed by atoms with E-state index < -0.39 is 0 Å². The van der Waals surface area contributed by atoms with E-state index >= 15 is 0 Å². The van der Waals surface area contributed by atoms with Crippen molar-refractivity contribution >= 4 is 0 Å². The average Bonchev–Trinajstić information content (AvgIpc) is 2.01. The second-order valence-electron chi connectivity index (χ2n) is 3.38. The van der Waals surface area contributed by atoms with Gasteiger partial charge in [-0.1, -0.05) is 25.0 Å². The molecule has 0 spiro atoms. The minimum atomic E-state index is -0.0881. The van der Waals surface area contributed by atoms with Crippen molar-refractivity contribution < 1.29 is 4.39 Å². The highest BCUT2D eigenvalue weighted by molar-refractivity contribution is 5.29. The molecule has 1 aliphatic heterocycles. The molecule has 2 heteroatoms. The SMILES string of the molecule is CCCC1=CC(C)=C(F)N(C)C1. The Morgan fingerprint density at radius 1 is 1.58 bits per heavy atom. The van der Waals surface area contributed by atoms with E-state index in [1.165, 1.54) is 5.57 Å². The summed E-state index contributed by atoms with van der Waals surface area (Å²) in [6, 6.07) is 0. The summed E-state index contributed by atoms with van der Waals surface area (Å²) in [5.41, 5.74) is 2.09. The van der Waals surface area contributed by atoms with Crippen molar-refractivity contribution in [2.24, 2.45) is 0 Å². The molecule has 0 aromatic heterocycles. The predicted molar refractivity (Wildman–Crippen MR) is 49.4 cm³/mol. The fourth-order valence-corrected chi connectivity index (χ4v) is 1.56. The Labute approximate surface area is 73.6 Å². The molecule has 12 heavy (non-hydrogen) atoms. The van der Waals surface area contributed by atoms with E-state index in [1.54, 1.807) is 11.9 Å². The van der Waals surface area contributed by atoms with Gasteiger partial charge in [-0.05, 0) is 13.3 Å². The Kier molecular flexibility index (Phi) is 2.90. The first-order valence-electron chi connectivity index (χ1n) is 4.42. The van der Waals surface area contributed by atoms with Crippen molar-refractivity contribution in [2.75, 3.05) is 13.6 Å². The highest BCUT2D eigenvalue weighted by Gasteiger charge is 2.13. The van der Waals surface area contributed by atoms with Gasteiger partial charge in [-0.3, -0.25) is 0 Å². The van der Waals surface area contributed by atoms with E-state index in [4.69, 9.17) is 0 Å². The topological polar surface area (TPSA) is 3.24 Å². The Morgan fingerprint density at radius 2 is 2.25 bits per heavy atom. The molecule has 1 heterocycles. The number of allylic oxidation sites excluding steroid dienone is 2. The molecule has 0 unspecified atom stereocenters. The van der Waals surface area contributed by atoms with Crippen molar-refractivity contribution in [3.63, 3.8) is 0 Å². The highest BCUT2D eigenvalue weighted by Crippen LogP contribution is 2.22. The van der Waals surface area contributed by atoms with Crippen LogP contribution in [-0.4, -0.2) is 18.5 Å². The summed E-state index contributed by atoms with van der Waals surface area (Å²) in [5.74, 6) is -0.0881. The molecule has 0 amide bonds. The minimum absolute atomic E-state index is 0.0881. The van der Waals surface area contributed by atoms with E-state index in [0.717, 1.165) is 25.0 Å². The van der Waals surface area contributed by atoms with Gasteiger partial charge in [0.2, 0.25) is 0 Å². The summed E-state index contributed by atoms with van der Waals surface area (Å²) in [7, 11) is 1.79. The molecule has 0 fully saturated rings. The molecule has 0 N–H and O–H groups in total. The van der Waals surface area contributed by atoms with Crippen molar-refractivity contribution in [3.8, 4) is 0 Å². The smallest absolute Gasteiger partial charge is 0.192 e. The van der Waals surface area contributed by atoms with Crippen LogP contribution in [0.25, 0.3) is 0 Å². The van der Waals surface area contributed by atoms with Crippen LogP contribution in [0.1, 0.15) is 26.7 Å². The van der Waals surface area contributed by atoms with Crippen molar-refractivity contribution in [3.05, 3.63) is 23.2 Å². The van der Waals surface area contributed by atoms with Crippen LogP contribution in [0.2, 0.25) is 0 Å². The maximum Gasteiger partial charge on any atom is 0.192 e. The third-order valence-corrected chi connectivity index (χ3v) is 2.09. The van der Waals surface area contributed by atoms with Gasteiger partial charge in [0.1, 0.15) is 0 Å². The maximum atomic E-state index is 13.1. The molecule has 0 saturated carbocycles. The van der Waals surface area contributed by atoms with Gasteiger partial charge in [-0.25, -0.2) is 0 Å². The van der Waals surface area contributed by atoms with Gasteiger partial charge in [0, 0.05) is 19.2 Å². The maximum absolute atomic E-state index is 13.1. The first-order valence-corrected chi connectivity index (χ1v) is 4.42. The van der Waals surface area contributed by atoms with E-state index in [9.17, 15) is 4.39 Å². The predicted octanol–water partition coefficient (Wildman–Crippen LogP) is 2.86. The van der Waals surface area contributed by atoms with Crippen molar-refractivity contribution in [1.29, 1.82) is 0 Å². The molecule has 0 radical (unpaired) electrons. The zero-order chi connectivity index (χ0) is 9.14. The lowest BCUT2D eigenvalue weighted by Gasteiger charge is -2.24. The second-order valence-corrected chi connectivity index (χ2v) is 3.38. The van der Waals surface area contributed by atoms with Crippen LogP contribution in [0.15, 0.2) is 23.2 Å². The summed E-state index contributed by atoms with van der Waals surface area (Å²) in [5, 5.41) is 0. The standard InChI is InChI=1S/C10H16FN/c1-4-5-9-6-8(2)10(11)12(3)7-9/h6H,4-5,7H2,1-3H3. The van der Waals surface area contributed by atoms with E-state index in [2.05, 4.69) is 6.92 Å². The number of likely N-dealkylation sites (N-methyl/N-ethyl adjacent to an activating group) is 1. The number of hydrogen-bond acceptors (Lipinski definition) is 1. The molecule has 0 aromatic rings. The second kappa shape index (κ2) is 3.74. The molecule has 0 aromatic carbocycles. The summed E-state index contributed by atoms with van der Waals surface area (Å²) in [6.07, 6.45) is 4.18. The number of rotatable bonds is 2. The first kappa shape index (κ1) is 9.30. The van der Waals surface area contributed by atoms with Crippen molar-refractivity contribution in [1.82, 2.24) is 4.90 Å². The van der Waals surface area contributed by atoms with Gasteiger partial charge in [-0.2, -0.15) is 4.39 Å².